The normalized spacial score (nSPS) is 27.4. The van der Waals surface area contributed by atoms with Gasteiger partial charge < -0.3 is 10.6 Å². The third-order valence-electron chi connectivity index (χ3n) is 5.67. The second kappa shape index (κ2) is 7.57. The van der Waals surface area contributed by atoms with E-state index in [9.17, 15) is 24.5 Å². The van der Waals surface area contributed by atoms with Gasteiger partial charge in [-0.1, -0.05) is 31.9 Å². The second-order valence-corrected chi connectivity index (χ2v) is 7.69. The Labute approximate surface area is 162 Å². The zero-order valence-electron chi connectivity index (χ0n) is 15.9. The van der Waals surface area contributed by atoms with Crippen LogP contribution in [-0.4, -0.2) is 40.3 Å². The molecule has 150 valence electrons. The quantitative estimate of drug-likeness (QED) is 0.454. The molecule has 1 aliphatic carbocycles. The summed E-state index contributed by atoms with van der Waals surface area (Å²) in [6.45, 7) is 3.18. The van der Waals surface area contributed by atoms with Gasteiger partial charge in [0.25, 0.3) is 11.6 Å². The molecule has 1 aromatic rings. The maximum absolute atomic E-state index is 12.9. The van der Waals surface area contributed by atoms with E-state index in [1.165, 1.54) is 25.1 Å². The number of carbonyl (C=O) groups is 3. The molecule has 3 rings (SSSR count). The smallest absolute Gasteiger partial charge is 0.325 e. The first-order valence-corrected chi connectivity index (χ1v) is 9.41. The number of nitro groups is 1. The molecule has 9 nitrogen and oxygen atoms in total. The van der Waals surface area contributed by atoms with E-state index in [0.717, 1.165) is 30.6 Å². The van der Waals surface area contributed by atoms with Crippen molar-refractivity contribution in [3.05, 3.63) is 39.9 Å². The lowest BCUT2D eigenvalue weighted by Gasteiger charge is -2.30. The number of non-ortho nitro benzene ring substituents is 1. The van der Waals surface area contributed by atoms with E-state index < -0.39 is 22.4 Å². The first-order chi connectivity index (χ1) is 13.2. The molecule has 3 unspecified atom stereocenters. The number of hydrogen-bond acceptors (Lipinski definition) is 5. The number of benzene rings is 1. The van der Waals surface area contributed by atoms with Crippen LogP contribution in [0.1, 0.15) is 45.1 Å². The minimum atomic E-state index is -1.46. The molecule has 2 fully saturated rings. The highest BCUT2D eigenvalue weighted by atomic mass is 16.6. The molecule has 0 spiro atoms. The van der Waals surface area contributed by atoms with Gasteiger partial charge in [-0.15, -0.1) is 0 Å². The van der Waals surface area contributed by atoms with Gasteiger partial charge in [-0.2, -0.15) is 0 Å². The van der Waals surface area contributed by atoms with Gasteiger partial charge in [-0.05, 0) is 31.2 Å². The van der Waals surface area contributed by atoms with E-state index in [-0.39, 0.29) is 24.2 Å². The zero-order chi connectivity index (χ0) is 20.5. The first-order valence-electron chi connectivity index (χ1n) is 9.41. The number of amides is 4. The number of nitrogens with one attached hydrogen (secondary N) is 2. The van der Waals surface area contributed by atoms with E-state index in [1.54, 1.807) is 6.07 Å². The van der Waals surface area contributed by atoms with Crippen molar-refractivity contribution in [1.82, 2.24) is 15.5 Å². The molecule has 0 bridgehead atoms. The molecule has 0 aromatic heterocycles. The summed E-state index contributed by atoms with van der Waals surface area (Å²) in [5.74, 6) is -0.633. The van der Waals surface area contributed by atoms with E-state index in [1.807, 2.05) is 0 Å². The van der Waals surface area contributed by atoms with Crippen LogP contribution < -0.4 is 10.6 Å². The van der Waals surface area contributed by atoms with Crippen LogP contribution in [0.2, 0.25) is 0 Å². The Bertz CT molecular complexity index is 826. The lowest BCUT2D eigenvalue weighted by Crippen LogP contribution is -2.47. The summed E-state index contributed by atoms with van der Waals surface area (Å²) in [5.41, 5.74) is -1.34. The maximum Gasteiger partial charge on any atom is 0.325 e. The summed E-state index contributed by atoms with van der Waals surface area (Å²) >= 11 is 0. The highest BCUT2D eigenvalue weighted by Crippen LogP contribution is 2.31. The molecule has 9 heteroatoms. The van der Waals surface area contributed by atoms with Crippen LogP contribution in [0.15, 0.2) is 24.3 Å². The molecule has 28 heavy (non-hydrogen) atoms. The van der Waals surface area contributed by atoms with E-state index in [0.29, 0.717) is 11.5 Å². The van der Waals surface area contributed by atoms with E-state index in [2.05, 4.69) is 17.6 Å². The molecule has 1 aromatic carbocycles. The van der Waals surface area contributed by atoms with E-state index in [4.69, 9.17) is 0 Å². The molecule has 1 aliphatic heterocycles. The fraction of sp³-hybridized carbons (Fsp3) is 0.526. The van der Waals surface area contributed by atoms with Crippen LogP contribution in [0.3, 0.4) is 0 Å². The number of imide groups is 1. The SMILES string of the molecule is CC1CCCCC1NC(=O)CN1C(=O)NC(C)(c2cccc([N+](=O)[O-])c2)C1=O. The summed E-state index contributed by atoms with van der Waals surface area (Å²) in [4.78, 5) is 49.0. The number of urea groups is 1. The summed E-state index contributed by atoms with van der Waals surface area (Å²) in [5, 5.41) is 16.5. The van der Waals surface area contributed by atoms with Crippen molar-refractivity contribution in [3.63, 3.8) is 0 Å². The van der Waals surface area contributed by atoms with Crippen LogP contribution in [0, 0.1) is 16.0 Å². The number of nitro benzene ring substituents is 1. The second-order valence-electron chi connectivity index (χ2n) is 7.69. The van der Waals surface area contributed by atoms with Crippen molar-refractivity contribution < 1.29 is 19.3 Å². The van der Waals surface area contributed by atoms with Crippen molar-refractivity contribution >= 4 is 23.5 Å². The maximum atomic E-state index is 12.9. The predicted molar refractivity (Wildman–Crippen MR) is 100 cm³/mol. The molecule has 1 heterocycles. The molecule has 2 N–H and O–H groups in total. The third-order valence-corrected chi connectivity index (χ3v) is 5.67. The Morgan fingerprint density at radius 3 is 2.75 bits per heavy atom. The summed E-state index contributed by atoms with van der Waals surface area (Å²) in [7, 11) is 0. The standard InChI is InChI=1S/C19H24N4O5/c1-12-6-3-4-9-15(12)20-16(24)11-22-17(25)19(2,21-18(22)26)13-7-5-8-14(10-13)23(27)28/h5,7-8,10,12,15H,3-4,6,9,11H2,1-2H3,(H,20,24)(H,21,26). The molecule has 1 saturated heterocycles. The molecular formula is C19H24N4O5. The van der Waals surface area contributed by atoms with Gasteiger partial charge in [0, 0.05) is 18.2 Å². The Morgan fingerprint density at radius 1 is 1.36 bits per heavy atom. The average molecular weight is 388 g/mol. The van der Waals surface area contributed by atoms with Gasteiger partial charge in [0.05, 0.1) is 4.92 Å². The van der Waals surface area contributed by atoms with Crippen molar-refractivity contribution in [2.24, 2.45) is 5.92 Å². The minimum absolute atomic E-state index is 0.0465. The Kier molecular flexibility index (Phi) is 5.35. The fourth-order valence-corrected chi connectivity index (χ4v) is 3.89. The zero-order valence-corrected chi connectivity index (χ0v) is 15.9. The molecule has 1 saturated carbocycles. The van der Waals surface area contributed by atoms with Crippen LogP contribution in [0.25, 0.3) is 0 Å². The monoisotopic (exact) mass is 388 g/mol. The highest BCUT2D eigenvalue weighted by molar-refractivity contribution is 6.09. The van der Waals surface area contributed by atoms with Gasteiger partial charge >= 0.3 is 6.03 Å². The molecule has 0 radical (unpaired) electrons. The Morgan fingerprint density at radius 2 is 2.07 bits per heavy atom. The number of hydrogen-bond donors (Lipinski definition) is 2. The van der Waals surface area contributed by atoms with Gasteiger partial charge in [0.2, 0.25) is 5.91 Å². The molecule has 4 amide bonds. The molecule has 2 aliphatic rings. The number of nitrogens with zero attached hydrogens (tertiary/aromatic N) is 2. The van der Waals surface area contributed by atoms with Crippen LogP contribution >= 0.6 is 0 Å². The van der Waals surface area contributed by atoms with Gasteiger partial charge in [-0.25, -0.2) is 4.79 Å². The lowest BCUT2D eigenvalue weighted by atomic mass is 9.86. The predicted octanol–water partition coefficient (Wildman–Crippen LogP) is 2.06. The first kappa shape index (κ1) is 19.8. The number of rotatable bonds is 5. The average Bonchev–Trinajstić information content (AvgIpc) is 2.88. The molecular weight excluding hydrogens is 364 g/mol. The fourth-order valence-electron chi connectivity index (χ4n) is 3.89. The van der Waals surface area contributed by atoms with Gasteiger partial charge in [0.1, 0.15) is 12.1 Å². The highest BCUT2D eigenvalue weighted by Gasteiger charge is 2.50. The van der Waals surface area contributed by atoms with E-state index >= 15 is 0 Å². The van der Waals surface area contributed by atoms with Crippen molar-refractivity contribution in [2.75, 3.05) is 6.54 Å². The Hall–Kier alpha value is -2.97. The topological polar surface area (TPSA) is 122 Å². The van der Waals surface area contributed by atoms with Crippen LogP contribution in [0.5, 0.6) is 0 Å². The van der Waals surface area contributed by atoms with Crippen LogP contribution in [-0.2, 0) is 15.1 Å². The number of carbonyl (C=O) groups excluding carboxylic acids is 3. The van der Waals surface area contributed by atoms with Crippen molar-refractivity contribution in [1.29, 1.82) is 0 Å². The van der Waals surface area contributed by atoms with Crippen molar-refractivity contribution in [3.8, 4) is 0 Å². The third kappa shape index (κ3) is 3.69. The van der Waals surface area contributed by atoms with Gasteiger partial charge in [-0.3, -0.25) is 24.6 Å². The van der Waals surface area contributed by atoms with Crippen LogP contribution in [0.4, 0.5) is 10.5 Å². The summed E-state index contributed by atoms with van der Waals surface area (Å²) in [6, 6.07) is 4.92. The Balaban J connectivity index is 1.73. The lowest BCUT2D eigenvalue weighted by molar-refractivity contribution is -0.385. The largest absolute Gasteiger partial charge is 0.352 e. The van der Waals surface area contributed by atoms with Gasteiger partial charge in [0.15, 0.2) is 0 Å². The summed E-state index contributed by atoms with van der Waals surface area (Å²) < 4.78 is 0. The molecule has 3 atom stereocenters. The minimum Gasteiger partial charge on any atom is -0.352 e. The summed E-state index contributed by atoms with van der Waals surface area (Å²) in [6.07, 6.45) is 4.11. The van der Waals surface area contributed by atoms with Crippen molar-refractivity contribution in [2.45, 2.75) is 51.1 Å².